The third-order valence-corrected chi connectivity index (χ3v) is 5.76. The van der Waals surface area contributed by atoms with Crippen molar-refractivity contribution in [1.82, 2.24) is 18.7 Å². The standard InChI is InChI=1S/C22H23N5O3/c1-15-13-16-7-3-4-8-17(16)26(15)20(28)14-25-22(29)27-19-10-6-5-9-18(19)24(11-12-30-2)21(27)23-25/h3-10,15H,11-14H2,1-2H3/t15-/m1/s1. The first kappa shape index (κ1) is 18.6. The normalized spacial score (nSPS) is 15.9. The Morgan fingerprint density at radius 2 is 1.87 bits per heavy atom. The predicted molar refractivity (Wildman–Crippen MR) is 114 cm³/mol. The van der Waals surface area contributed by atoms with E-state index in [4.69, 9.17) is 4.74 Å². The number of benzene rings is 2. The number of amides is 1. The second-order valence-corrected chi connectivity index (χ2v) is 7.65. The van der Waals surface area contributed by atoms with E-state index >= 15 is 0 Å². The van der Waals surface area contributed by atoms with E-state index in [1.807, 2.05) is 60.0 Å². The molecule has 2 aromatic carbocycles. The molecule has 1 atom stereocenters. The van der Waals surface area contributed by atoms with Gasteiger partial charge in [0.1, 0.15) is 6.54 Å². The number of methoxy groups -OCH3 is 1. The smallest absolute Gasteiger partial charge is 0.352 e. The second kappa shape index (κ2) is 7.14. The van der Waals surface area contributed by atoms with Crippen LogP contribution in [0.25, 0.3) is 16.8 Å². The first-order valence-corrected chi connectivity index (χ1v) is 10.1. The molecule has 8 nitrogen and oxygen atoms in total. The van der Waals surface area contributed by atoms with Gasteiger partial charge in [0.2, 0.25) is 11.7 Å². The van der Waals surface area contributed by atoms with Crippen molar-refractivity contribution in [3.63, 3.8) is 0 Å². The molecule has 0 spiro atoms. The average molecular weight is 405 g/mol. The molecule has 3 heterocycles. The lowest BCUT2D eigenvalue weighted by Crippen LogP contribution is -2.40. The number of ether oxygens (including phenoxy) is 1. The quantitative estimate of drug-likeness (QED) is 0.510. The number of anilines is 1. The maximum Gasteiger partial charge on any atom is 0.352 e. The third-order valence-electron chi connectivity index (χ3n) is 5.76. The van der Waals surface area contributed by atoms with Crippen LogP contribution in [0.3, 0.4) is 0 Å². The highest BCUT2D eigenvalue weighted by molar-refractivity contribution is 5.96. The highest BCUT2D eigenvalue weighted by Gasteiger charge is 2.31. The Morgan fingerprint density at radius 3 is 2.67 bits per heavy atom. The summed E-state index contributed by atoms with van der Waals surface area (Å²) in [5, 5.41) is 4.52. The molecule has 30 heavy (non-hydrogen) atoms. The minimum Gasteiger partial charge on any atom is -0.383 e. The molecule has 1 aliphatic rings. The van der Waals surface area contributed by atoms with Crippen molar-refractivity contribution in [3.8, 4) is 0 Å². The number of carbonyl (C=O) groups is 1. The number of imidazole rings is 1. The molecule has 0 unspecified atom stereocenters. The largest absolute Gasteiger partial charge is 0.383 e. The molecule has 0 saturated heterocycles. The van der Waals surface area contributed by atoms with E-state index < -0.39 is 0 Å². The van der Waals surface area contributed by atoms with Gasteiger partial charge in [-0.3, -0.25) is 4.79 Å². The highest BCUT2D eigenvalue weighted by atomic mass is 16.5. The van der Waals surface area contributed by atoms with Crippen LogP contribution in [0.15, 0.2) is 53.3 Å². The van der Waals surface area contributed by atoms with Crippen LogP contribution in [0.4, 0.5) is 5.69 Å². The van der Waals surface area contributed by atoms with Crippen molar-refractivity contribution in [3.05, 3.63) is 64.6 Å². The van der Waals surface area contributed by atoms with Gasteiger partial charge in [0.15, 0.2) is 0 Å². The zero-order chi connectivity index (χ0) is 20.8. The summed E-state index contributed by atoms with van der Waals surface area (Å²) >= 11 is 0. The summed E-state index contributed by atoms with van der Waals surface area (Å²) in [6.45, 7) is 2.99. The average Bonchev–Trinajstić information content (AvgIpc) is 3.35. The minimum atomic E-state index is -0.314. The number of carbonyl (C=O) groups excluding carboxylic acids is 1. The molecular formula is C22H23N5O3. The molecule has 5 rings (SSSR count). The maximum absolute atomic E-state index is 13.2. The van der Waals surface area contributed by atoms with Gasteiger partial charge in [-0.2, -0.15) is 0 Å². The van der Waals surface area contributed by atoms with E-state index in [0.29, 0.717) is 18.9 Å². The summed E-state index contributed by atoms with van der Waals surface area (Å²) in [5.74, 6) is 0.379. The van der Waals surface area contributed by atoms with Gasteiger partial charge in [0.05, 0.1) is 17.6 Å². The van der Waals surface area contributed by atoms with E-state index in [2.05, 4.69) is 5.10 Å². The molecule has 154 valence electrons. The zero-order valence-electron chi connectivity index (χ0n) is 17.0. The number of fused-ring (bicyclic) bond motifs is 4. The lowest BCUT2D eigenvalue weighted by atomic mass is 10.1. The van der Waals surface area contributed by atoms with Crippen LogP contribution in [0.5, 0.6) is 0 Å². The van der Waals surface area contributed by atoms with E-state index in [9.17, 15) is 9.59 Å². The topological polar surface area (TPSA) is 73.8 Å². The molecule has 1 amide bonds. The molecule has 0 radical (unpaired) electrons. The number of nitrogens with zero attached hydrogens (tertiary/aromatic N) is 5. The van der Waals surface area contributed by atoms with E-state index in [1.54, 1.807) is 16.4 Å². The second-order valence-electron chi connectivity index (χ2n) is 7.65. The molecule has 0 saturated carbocycles. The zero-order valence-corrected chi connectivity index (χ0v) is 17.0. The van der Waals surface area contributed by atoms with Gasteiger partial charge in [-0.15, -0.1) is 5.10 Å². The van der Waals surface area contributed by atoms with Crippen molar-refractivity contribution in [2.24, 2.45) is 0 Å². The van der Waals surface area contributed by atoms with E-state index in [0.717, 1.165) is 28.7 Å². The Balaban J connectivity index is 1.55. The summed E-state index contributed by atoms with van der Waals surface area (Å²) in [4.78, 5) is 28.1. The first-order chi connectivity index (χ1) is 14.6. The van der Waals surface area contributed by atoms with Crippen molar-refractivity contribution in [1.29, 1.82) is 0 Å². The SMILES string of the molecule is COCCn1c2ccccc2n2c(=O)n(CC(=O)N3c4ccccc4C[C@H]3C)nc12. The van der Waals surface area contributed by atoms with Crippen molar-refractivity contribution in [2.75, 3.05) is 18.6 Å². The summed E-state index contributed by atoms with van der Waals surface area (Å²) in [5.41, 5.74) is 3.44. The lowest BCUT2D eigenvalue weighted by Gasteiger charge is -2.22. The Labute approximate surface area is 172 Å². The van der Waals surface area contributed by atoms with Crippen LogP contribution in [-0.4, -0.2) is 44.4 Å². The Bertz CT molecular complexity index is 1320. The number of hydrogen-bond acceptors (Lipinski definition) is 4. The number of hydrogen-bond donors (Lipinski definition) is 0. The Kier molecular flexibility index (Phi) is 4.43. The summed E-state index contributed by atoms with van der Waals surface area (Å²) in [7, 11) is 1.64. The lowest BCUT2D eigenvalue weighted by molar-refractivity contribution is -0.119. The summed E-state index contributed by atoms with van der Waals surface area (Å²) in [6, 6.07) is 15.6. The predicted octanol–water partition coefficient (Wildman–Crippen LogP) is 2.07. The van der Waals surface area contributed by atoms with E-state index in [1.165, 1.54) is 4.68 Å². The molecule has 1 aliphatic heterocycles. The fraction of sp³-hybridized carbons (Fsp3) is 0.318. The van der Waals surface area contributed by atoms with Gasteiger partial charge in [0.25, 0.3) is 0 Å². The van der Waals surface area contributed by atoms with Gasteiger partial charge < -0.3 is 14.2 Å². The fourth-order valence-corrected chi connectivity index (χ4v) is 4.43. The van der Waals surface area contributed by atoms with Crippen LogP contribution in [0.2, 0.25) is 0 Å². The van der Waals surface area contributed by atoms with Crippen LogP contribution in [0.1, 0.15) is 12.5 Å². The summed E-state index contributed by atoms with van der Waals surface area (Å²) in [6.07, 6.45) is 0.814. The molecule has 0 fully saturated rings. The minimum absolute atomic E-state index is 0.0546. The van der Waals surface area contributed by atoms with Crippen molar-refractivity contribution in [2.45, 2.75) is 32.5 Å². The number of aromatic nitrogens is 4. The fourth-order valence-electron chi connectivity index (χ4n) is 4.43. The number of rotatable bonds is 5. The first-order valence-electron chi connectivity index (χ1n) is 10.1. The third kappa shape index (κ3) is 2.75. The van der Waals surface area contributed by atoms with E-state index in [-0.39, 0.29) is 24.2 Å². The molecular weight excluding hydrogens is 382 g/mol. The van der Waals surface area contributed by atoms with Crippen molar-refractivity contribution >= 4 is 28.4 Å². The van der Waals surface area contributed by atoms with Crippen LogP contribution < -0.4 is 10.6 Å². The van der Waals surface area contributed by atoms with Crippen LogP contribution in [0, 0.1) is 0 Å². The van der Waals surface area contributed by atoms with Gasteiger partial charge in [0, 0.05) is 25.4 Å². The van der Waals surface area contributed by atoms with Gasteiger partial charge in [-0.05, 0) is 37.1 Å². The molecule has 0 bridgehead atoms. The van der Waals surface area contributed by atoms with Gasteiger partial charge in [-0.1, -0.05) is 30.3 Å². The maximum atomic E-state index is 13.2. The number of para-hydroxylation sites is 3. The van der Waals surface area contributed by atoms with Crippen molar-refractivity contribution < 1.29 is 9.53 Å². The van der Waals surface area contributed by atoms with Gasteiger partial charge >= 0.3 is 5.69 Å². The Morgan fingerprint density at radius 1 is 1.13 bits per heavy atom. The summed E-state index contributed by atoms with van der Waals surface area (Å²) < 4.78 is 10.0. The highest BCUT2D eigenvalue weighted by Crippen LogP contribution is 2.32. The molecule has 4 aromatic rings. The Hall–Kier alpha value is -3.39. The van der Waals surface area contributed by atoms with Crippen LogP contribution >= 0.6 is 0 Å². The molecule has 2 aromatic heterocycles. The van der Waals surface area contributed by atoms with Gasteiger partial charge in [-0.25, -0.2) is 13.9 Å². The molecule has 0 N–H and O–H groups in total. The van der Waals surface area contributed by atoms with Crippen LogP contribution in [-0.2, 0) is 29.0 Å². The molecule has 0 aliphatic carbocycles. The molecule has 8 heteroatoms. The monoisotopic (exact) mass is 405 g/mol.